The Morgan fingerprint density at radius 1 is 1.28 bits per heavy atom. The highest BCUT2D eigenvalue weighted by atomic mass is 32.1. The molecule has 0 unspecified atom stereocenters. The largest absolute Gasteiger partial charge is 0.351 e. The quantitative estimate of drug-likeness (QED) is 0.779. The summed E-state index contributed by atoms with van der Waals surface area (Å²) in [4.78, 5) is 31.0. The van der Waals surface area contributed by atoms with Gasteiger partial charge in [0.2, 0.25) is 0 Å². The predicted molar refractivity (Wildman–Crippen MR) is 98.5 cm³/mol. The van der Waals surface area contributed by atoms with Crippen LogP contribution in [0.15, 0.2) is 30.6 Å². The minimum atomic E-state index is -0.690. The number of primary amides is 1. The summed E-state index contributed by atoms with van der Waals surface area (Å²) in [5.74, 6) is -0.127. The van der Waals surface area contributed by atoms with Crippen molar-refractivity contribution in [3.8, 4) is 10.4 Å². The Hall–Kier alpha value is -2.45. The van der Waals surface area contributed by atoms with E-state index >= 15 is 0 Å². The number of pyridine rings is 1. The third kappa shape index (κ3) is 4.15. The van der Waals surface area contributed by atoms with E-state index in [0.717, 1.165) is 29.7 Å². The number of nitrogens with two attached hydrogens (primary N) is 2. The maximum absolute atomic E-state index is 13.0. The lowest BCUT2D eigenvalue weighted by Gasteiger charge is -2.22. The standard InChI is InChI=1S/C17H21N5O2S/c18-12-3-1-2-8-22(10-12)16(23)13-9-14(11-4-6-20-7-5-11)25-15(13)21-17(19)24/h4-7,9,12H,1-3,8,10,18H2,(H3,19,21,24)/t12-/m0/s1. The predicted octanol–water partition coefficient (Wildman–Crippen LogP) is 2.25. The van der Waals surface area contributed by atoms with Gasteiger partial charge in [-0.15, -0.1) is 11.3 Å². The maximum atomic E-state index is 13.0. The van der Waals surface area contributed by atoms with Crippen LogP contribution in [0, 0.1) is 0 Å². The number of amides is 3. The molecule has 0 saturated carbocycles. The van der Waals surface area contributed by atoms with Gasteiger partial charge >= 0.3 is 6.03 Å². The Morgan fingerprint density at radius 3 is 2.76 bits per heavy atom. The molecule has 1 aliphatic heterocycles. The number of nitrogens with zero attached hydrogens (tertiary/aromatic N) is 2. The van der Waals surface area contributed by atoms with Crippen molar-refractivity contribution in [2.75, 3.05) is 18.4 Å². The molecule has 0 aromatic carbocycles. The van der Waals surface area contributed by atoms with Crippen molar-refractivity contribution >= 4 is 28.3 Å². The zero-order valence-electron chi connectivity index (χ0n) is 13.8. The molecule has 2 aromatic rings. The van der Waals surface area contributed by atoms with Crippen molar-refractivity contribution in [1.82, 2.24) is 9.88 Å². The number of rotatable bonds is 3. The number of aromatic nitrogens is 1. The van der Waals surface area contributed by atoms with Crippen LogP contribution in [-0.4, -0.2) is 41.0 Å². The van der Waals surface area contributed by atoms with Gasteiger partial charge in [0, 0.05) is 36.4 Å². The van der Waals surface area contributed by atoms with E-state index in [9.17, 15) is 9.59 Å². The van der Waals surface area contributed by atoms with Crippen molar-refractivity contribution in [3.05, 3.63) is 36.2 Å². The summed E-state index contributed by atoms with van der Waals surface area (Å²) < 4.78 is 0. The summed E-state index contributed by atoms with van der Waals surface area (Å²) in [6, 6.07) is 4.80. The van der Waals surface area contributed by atoms with Gasteiger partial charge < -0.3 is 16.4 Å². The lowest BCUT2D eigenvalue weighted by Crippen LogP contribution is -2.39. The van der Waals surface area contributed by atoms with Crippen LogP contribution in [0.3, 0.4) is 0 Å². The molecule has 8 heteroatoms. The highest BCUT2D eigenvalue weighted by molar-refractivity contribution is 7.20. The monoisotopic (exact) mass is 359 g/mol. The molecular weight excluding hydrogens is 338 g/mol. The zero-order valence-corrected chi connectivity index (χ0v) is 14.6. The molecule has 25 heavy (non-hydrogen) atoms. The average molecular weight is 359 g/mol. The van der Waals surface area contributed by atoms with E-state index in [1.54, 1.807) is 23.4 Å². The molecule has 7 nitrogen and oxygen atoms in total. The second-order valence-corrected chi connectivity index (χ2v) is 7.14. The number of hydrogen-bond donors (Lipinski definition) is 3. The summed E-state index contributed by atoms with van der Waals surface area (Å²) in [5, 5.41) is 3.03. The molecule has 3 heterocycles. The molecule has 1 atom stereocenters. The van der Waals surface area contributed by atoms with Gasteiger partial charge in [0.25, 0.3) is 5.91 Å². The van der Waals surface area contributed by atoms with Gasteiger partial charge in [0.1, 0.15) is 5.00 Å². The number of thiophene rings is 1. The number of urea groups is 1. The third-order valence-corrected chi connectivity index (χ3v) is 5.26. The molecule has 1 aliphatic rings. The van der Waals surface area contributed by atoms with Gasteiger partial charge in [-0.25, -0.2) is 4.79 Å². The van der Waals surface area contributed by atoms with Gasteiger partial charge in [0.05, 0.1) is 5.56 Å². The van der Waals surface area contributed by atoms with Crippen LogP contribution in [0.5, 0.6) is 0 Å². The summed E-state index contributed by atoms with van der Waals surface area (Å²) >= 11 is 1.32. The smallest absolute Gasteiger partial charge is 0.317 e. The average Bonchev–Trinajstić information content (AvgIpc) is 2.87. The molecule has 0 bridgehead atoms. The molecule has 3 rings (SSSR count). The Balaban J connectivity index is 1.94. The third-order valence-electron chi connectivity index (χ3n) is 4.16. The summed E-state index contributed by atoms with van der Waals surface area (Å²) in [7, 11) is 0. The zero-order chi connectivity index (χ0) is 17.8. The molecule has 0 spiro atoms. The highest BCUT2D eigenvalue weighted by Crippen LogP contribution is 2.36. The van der Waals surface area contributed by atoms with Crippen molar-refractivity contribution in [2.24, 2.45) is 11.5 Å². The van der Waals surface area contributed by atoms with Crippen molar-refractivity contribution in [3.63, 3.8) is 0 Å². The van der Waals surface area contributed by atoms with Crippen LogP contribution in [0.25, 0.3) is 10.4 Å². The normalized spacial score (nSPS) is 17.8. The number of carbonyl (C=O) groups is 2. The van der Waals surface area contributed by atoms with E-state index in [-0.39, 0.29) is 11.9 Å². The second kappa shape index (κ2) is 7.62. The second-order valence-electron chi connectivity index (χ2n) is 6.09. The van der Waals surface area contributed by atoms with Crippen LogP contribution in [-0.2, 0) is 0 Å². The summed E-state index contributed by atoms with van der Waals surface area (Å²) in [6.07, 6.45) is 6.24. The van der Waals surface area contributed by atoms with Gasteiger partial charge in [-0.05, 0) is 36.6 Å². The minimum Gasteiger partial charge on any atom is -0.351 e. The Bertz CT molecular complexity index is 762. The first-order valence-electron chi connectivity index (χ1n) is 8.20. The van der Waals surface area contributed by atoms with E-state index in [1.165, 1.54) is 11.3 Å². The Morgan fingerprint density at radius 2 is 2.04 bits per heavy atom. The molecule has 3 amide bonds. The SMILES string of the molecule is NC(=O)Nc1sc(-c2ccncc2)cc1C(=O)N1CCCC[C@H](N)C1. The first kappa shape index (κ1) is 17.4. The summed E-state index contributed by atoms with van der Waals surface area (Å²) in [5.41, 5.74) is 12.7. The maximum Gasteiger partial charge on any atom is 0.317 e. The number of hydrogen-bond acceptors (Lipinski definition) is 5. The van der Waals surface area contributed by atoms with Crippen molar-refractivity contribution < 1.29 is 9.59 Å². The summed E-state index contributed by atoms with van der Waals surface area (Å²) in [6.45, 7) is 1.19. The van der Waals surface area contributed by atoms with Gasteiger partial charge in [0.15, 0.2) is 0 Å². The van der Waals surface area contributed by atoms with Crippen LogP contribution in [0.2, 0.25) is 0 Å². The van der Waals surface area contributed by atoms with Crippen LogP contribution < -0.4 is 16.8 Å². The van der Waals surface area contributed by atoms with Crippen molar-refractivity contribution in [1.29, 1.82) is 0 Å². The number of carbonyl (C=O) groups excluding carboxylic acids is 2. The molecule has 132 valence electrons. The number of anilines is 1. The van der Waals surface area contributed by atoms with Gasteiger partial charge in [-0.2, -0.15) is 0 Å². The number of nitrogens with one attached hydrogen (secondary N) is 1. The highest BCUT2D eigenvalue weighted by Gasteiger charge is 2.25. The number of likely N-dealkylation sites (tertiary alicyclic amines) is 1. The first-order chi connectivity index (χ1) is 12.0. The fraction of sp³-hybridized carbons (Fsp3) is 0.353. The van der Waals surface area contributed by atoms with E-state index in [2.05, 4.69) is 10.3 Å². The Kier molecular flexibility index (Phi) is 5.30. The molecule has 0 radical (unpaired) electrons. The van der Waals surface area contributed by atoms with E-state index in [4.69, 9.17) is 11.5 Å². The molecule has 1 saturated heterocycles. The molecule has 2 aromatic heterocycles. The fourth-order valence-corrected chi connectivity index (χ4v) is 4.00. The lowest BCUT2D eigenvalue weighted by atomic mass is 10.1. The van der Waals surface area contributed by atoms with Gasteiger partial charge in [-0.3, -0.25) is 15.1 Å². The molecule has 1 fully saturated rings. The fourth-order valence-electron chi connectivity index (χ4n) is 2.94. The van der Waals surface area contributed by atoms with Crippen LogP contribution in [0.1, 0.15) is 29.6 Å². The van der Waals surface area contributed by atoms with E-state index < -0.39 is 6.03 Å². The van der Waals surface area contributed by atoms with Gasteiger partial charge in [-0.1, -0.05) is 6.42 Å². The molecule has 0 aliphatic carbocycles. The van der Waals surface area contributed by atoms with Crippen molar-refractivity contribution in [2.45, 2.75) is 25.3 Å². The first-order valence-corrected chi connectivity index (χ1v) is 9.02. The van der Waals surface area contributed by atoms with Crippen LogP contribution >= 0.6 is 11.3 Å². The topological polar surface area (TPSA) is 114 Å². The van der Waals surface area contributed by atoms with Crippen LogP contribution in [0.4, 0.5) is 9.80 Å². The van der Waals surface area contributed by atoms with E-state index in [0.29, 0.717) is 23.7 Å². The Labute approximate surface area is 150 Å². The lowest BCUT2D eigenvalue weighted by molar-refractivity contribution is 0.0756. The minimum absolute atomic E-state index is 0.0164. The van der Waals surface area contributed by atoms with E-state index in [1.807, 2.05) is 12.1 Å². The molecular formula is C17H21N5O2S. The molecule has 5 N–H and O–H groups in total.